The Morgan fingerprint density at radius 2 is 2.00 bits per heavy atom. The predicted octanol–water partition coefficient (Wildman–Crippen LogP) is 2.38. The minimum Gasteiger partial charge on any atom is -0.460 e. The smallest absolute Gasteiger partial charge is 0.310 e. The van der Waals surface area contributed by atoms with Crippen molar-refractivity contribution in [1.29, 1.82) is 0 Å². The van der Waals surface area contributed by atoms with E-state index in [4.69, 9.17) is 10.5 Å². The molecule has 0 radical (unpaired) electrons. The molecule has 2 atom stereocenters. The second-order valence-corrected chi connectivity index (χ2v) is 6.41. The first-order valence-corrected chi connectivity index (χ1v) is 6.94. The van der Waals surface area contributed by atoms with Gasteiger partial charge in [0, 0.05) is 5.38 Å². The number of carbonyl (C=O) groups excluding carboxylic acids is 2. The molecule has 106 valence electrons. The molecule has 2 N–H and O–H groups in total. The van der Waals surface area contributed by atoms with E-state index in [2.05, 4.69) is 4.98 Å². The molecular weight excluding hydrogens is 264 g/mol. The van der Waals surface area contributed by atoms with Gasteiger partial charge in [-0.25, -0.2) is 4.98 Å². The molecule has 6 heteroatoms. The number of rotatable bonds is 4. The van der Waals surface area contributed by atoms with Crippen LogP contribution in [0, 0.1) is 5.92 Å². The fraction of sp³-hybridized carbons (Fsp3) is 0.615. The van der Waals surface area contributed by atoms with Crippen molar-refractivity contribution >= 4 is 28.2 Å². The molecule has 1 rings (SSSR count). The summed E-state index contributed by atoms with van der Waals surface area (Å²) in [5.41, 5.74) is 5.53. The van der Waals surface area contributed by atoms with Gasteiger partial charge in [0.15, 0.2) is 5.13 Å². The van der Waals surface area contributed by atoms with E-state index in [-0.39, 0.29) is 5.78 Å². The summed E-state index contributed by atoms with van der Waals surface area (Å²) in [6.45, 7) is 8.50. The first-order chi connectivity index (χ1) is 8.61. The number of anilines is 1. The highest BCUT2D eigenvalue weighted by molar-refractivity contribution is 7.13. The standard InChI is InChI=1S/C13H20N2O3S/c1-7(11(17)18-13(3,4)5)10(8(2)16)9-6-19-12(14)15-9/h6-7,10H,1-5H3,(H2,14,15). The van der Waals surface area contributed by atoms with Gasteiger partial charge in [0.05, 0.1) is 17.5 Å². The lowest BCUT2D eigenvalue weighted by atomic mass is 9.88. The molecule has 19 heavy (non-hydrogen) atoms. The molecule has 0 fully saturated rings. The van der Waals surface area contributed by atoms with Crippen molar-refractivity contribution in [3.05, 3.63) is 11.1 Å². The lowest BCUT2D eigenvalue weighted by Gasteiger charge is -2.25. The van der Waals surface area contributed by atoms with Crippen LogP contribution in [0.15, 0.2) is 5.38 Å². The summed E-state index contributed by atoms with van der Waals surface area (Å²) in [5.74, 6) is -1.72. The van der Waals surface area contributed by atoms with Gasteiger partial charge in [-0.05, 0) is 27.7 Å². The largest absolute Gasteiger partial charge is 0.460 e. The van der Waals surface area contributed by atoms with Gasteiger partial charge in [-0.2, -0.15) is 0 Å². The summed E-state index contributed by atoms with van der Waals surface area (Å²) in [6.07, 6.45) is 0. The molecule has 5 nitrogen and oxygen atoms in total. The third kappa shape index (κ3) is 4.31. The maximum Gasteiger partial charge on any atom is 0.310 e. The van der Waals surface area contributed by atoms with Crippen LogP contribution in [0.25, 0.3) is 0 Å². The SMILES string of the molecule is CC(=O)C(c1csc(N)n1)C(C)C(=O)OC(C)(C)C. The Bertz CT molecular complexity index is 476. The first-order valence-electron chi connectivity index (χ1n) is 6.06. The fourth-order valence-corrected chi connectivity index (χ4v) is 2.39. The van der Waals surface area contributed by atoms with Crippen LogP contribution in [-0.2, 0) is 14.3 Å². The van der Waals surface area contributed by atoms with E-state index in [0.717, 1.165) is 0 Å². The zero-order valence-electron chi connectivity index (χ0n) is 11.9. The van der Waals surface area contributed by atoms with Crippen LogP contribution in [0.1, 0.15) is 46.2 Å². The maximum atomic E-state index is 12.1. The lowest BCUT2D eigenvalue weighted by molar-refractivity contribution is -0.161. The van der Waals surface area contributed by atoms with Gasteiger partial charge < -0.3 is 10.5 Å². The molecule has 1 heterocycles. The number of hydrogen-bond donors (Lipinski definition) is 1. The van der Waals surface area contributed by atoms with E-state index in [1.807, 2.05) is 0 Å². The van der Waals surface area contributed by atoms with E-state index >= 15 is 0 Å². The third-order valence-electron chi connectivity index (χ3n) is 2.57. The predicted molar refractivity (Wildman–Crippen MR) is 75.0 cm³/mol. The highest BCUT2D eigenvalue weighted by Gasteiger charge is 2.34. The van der Waals surface area contributed by atoms with Crippen LogP contribution in [0.5, 0.6) is 0 Å². The average molecular weight is 284 g/mol. The number of ketones is 1. The molecule has 0 saturated carbocycles. The summed E-state index contributed by atoms with van der Waals surface area (Å²) in [5, 5.41) is 2.10. The van der Waals surface area contributed by atoms with Crippen molar-refractivity contribution < 1.29 is 14.3 Å². The van der Waals surface area contributed by atoms with Gasteiger partial charge >= 0.3 is 5.97 Å². The number of ether oxygens (including phenoxy) is 1. The number of Topliss-reactive ketones (excluding diaryl/α,β-unsaturated/α-hetero) is 1. The Balaban J connectivity index is 2.94. The van der Waals surface area contributed by atoms with E-state index in [1.54, 1.807) is 33.1 Å². The Morgan fingerprint density at radius 1 is 1.42 bits per heavy atom. The van der Waals surface area contributed by atoms with E-state index in [1.165, 1.54) is 18.3 Å². The van der Waals surface area contributed by atoms with Crippen LogP contribution in [0.2, 0.25) is 0 Å². The van der Waals surface area contributed by atoms with Crippen molar-refractivity contribution in [2.24, 2.45) is 5.92 Å². The molecule has 0 bridgehead atoms. The van der Waals surface area contributed by atoms with Crippen molar-refractivity contribution in [2.45, 2.75) is 46.1 Å². The van der Waals surface area contributed by atoms with Crippen LogP contribution in [0.4, 0.5) is 5.13 Å². The fourth-order valence-electron chi connectivity index (χ4n) is 1.79. The lowest BCUT2D eigenvalue weighted by Crippen LogP contribution is -2.32. The normalized spacial score (nSPS) is 14.8. The zero-order chi connectivity index (χ0) is 14.8. The monoisotopic (exact) mass is 284 g/mol. The number of esters is 1. The summed E-state index contributed by atoms with van der Waals surface area (Å²) in [7, 11) is 0. The van der Waals surface area contributed by atoms with Gasteiger partial charge in [-0.15, -0.1) is 11.3 Å². The molecule has 1 aromatic heterocycles. The van der Waals surface area contributed by atoms with Crippen molar-refractivity contribution in [3.8, 4) is 0 Å². The molecule has 0 aliphatic carbocycles. The van der Waals surface area contributed by atoms with Gasteiger partial charge in [0.1, 0.15) is 11.4 Å². The van der Waals surface area contributed by atoms with Gasteiger partial charge in [0.2, 0.25) is 0 Å². The number of nitrogens with two attached hydrogens (primary N) is 1. The molecule has 2 unspecified atom stereocenters. The van der Waals surface area contributed by atoms with Gasteiger partial charge in [-0.3, -0.25) is 9.59 Å². The quantitative estimate of drug-likeness (QED) is 0.858. The summed E-state index contributed by atoms with van der Waals surface area (Å²) in [4.78, 5) is 27.9. The van der Waals surface area contributed by atoms with Gasteiger partial charge in [0.25, 0.3) is 0 Å². The van der Waals surface area contributed by atoms with Crippen molar-refractivity contribution in [2.75, 3.05) is 5.73 Å². The van der Waals surface area contributed by atoms with Crippen LogP contribution >= 0.6 is 11.3 Å². The van der Waals surface area contributed by atoms with Gasteiger partial charge in [-0.1, -0.05) is 6.92 Å². The molecular formula is C13H20N2O3S. The number of nitrogen functional groups attached to an aromatic ring is 1. The Hall–Kier alpha value is -1.43. The molecule has 0 amide bonds. The number of nitrogens with zero attached hydrogens (tertiary/aromatic N) is 1. The third-order valence-corrected chi connectivity index (χ3v) is 3.27. The second-order valence-electron chi connectivity index (χ2n) is 5.52. The summed E-state index contributed by atoms with van der Waals surface area (Å²) < 4.78 is 5.31. The maximum absolute atomic E-state index is 12.1. The van der Waals surface area contributed by atoms with E-state index in [0.29, 0.717) is 10.8 Å². The minimum atomic E-state index is -0.608. The molecule has 0 spiro atoms. The Labute approximate surface area is 117 Å². The molecule has 0 saturated heterocycles. The summed E-state index contributed by atoms with van der Waals surface area (Å²) >= 11 is 1.25. The topological polar surface area (TPSA) is 82.3 Å². The van der Waals surface area contributed by atoms with Crippen LogP contribution < -0.4 is 5.73 Å². The van der Waals surface area contributed by atoms with Crippen LogP contribution in [-0.4, -0.2) is 22.3 Å². The minimum absolute atomic E-state index is 0.122. The summed E-state index contributed by atoms with van der Waals surface area (Å²) in [6, 6.07) is 0. The van der Waals surface area contributed by atoms with E-state index < -0.39 is 23.4 Å². The number of hydrogen-bond acceptors (Lipinski definition) is 6. The molecule has 1 aromatic rings. The second kappa shape index (κ2) is 5.69. The number of thiazole rings is 1. The zero-order valence-corrected chi connectivity index (χ0v) is 12.7. The highest BCUT2D eigenvalue weighted by Crippen LogP contribution is 2.29. The van der Waals surface area contributed by atoms with Crippen molar-refractivity contribution in [3.63, 3.8) is 0 Å². The van der Waals surface area contributed by atoms with Crippen LogP contribution in [0.3, 0.4) is 0 Å². The Kier molecular flexibility index (Phi) is 4.68. The Morgan fingerprint density at radius 3 is 2.37 bits per heavy atom. The average Bonchev–Trinajstić information content (AvgIpc) is 2.61. The first kappa shape index (κ1) is 15.6. The highest BCUT2D eigenvalue weighted by atomic mass is 32.1. The molecule has 0 aliphatic rings. The van der Waals surface area contributed by atoms with E-state index in [9.17, 15) is 9.59 Å². The molecule has 0 aliphatic heterocycles. The number of carbonyl (C=O) groups is 2. The van der Waals surface area contributed by atoms with Crippen molar-refractivity contribution in [1.82, 2.24) is 4.98 Å². The number of aromatic nitrogens is 1. The molecule has 0 aromatic carbocycles.